The molecule has 0 N–H and O–H groups in total. The third-order valence-electron chi connectivity index (χ3n) is 6.69. The summed E-state index contributed by atoms with van der Waals surface area (Å²) < 4.78 is 29.3. The van der Waals surface area contributed by atoms with Crippen LogP contribution < -0.4 is 4.90 Å². The van der Waals surface area contributed by atoms with Crippen LogP contribution in [-0.2, 0) is 23.0 Å². The fourth-order valence-electron chi connectivity index (χ4n) is 4.52. The number of nitrogens with zero attached hydrogens (tertiary/aromatic N) is 4. The first-order valence-electron chi connectivity index (χ1n) is 12.2. The Morgan fingerprint density at radius 2 is 1.68 bits per heavy atom. The molecule has 10 heteroatoms. The van der Waals surface area contributed by atoms with Crippen molar-refractivity contribution in [2.45, 2.75) is 24.8 Å². The molecule has 0 fully saturated rings. The van der Waals surface area contributed by atoms with Gasteiger partial charge in [-0.2, -0.15) is 4.31 Å². The number of para-hydroxylation sites is 1. The second kappa shape index (κ2) is 11.5. The van der Waals surface area contributed by atoms with E-state index in [0.29, 0.717) is 43.3 Å². The van der Waals surface area contributed by atoms with Crippen molar-refractivity contribution in [3.05, 3.63) is 89.0 Å². The normalized spacial score (nSPS) is 13.8. The van der Waals surface area contributed by atoms with Gasteiger partial charge in [0.05, 0.1) is 15.1 Å². The highest BCUT2D eigenvalue weighted by atomic mass is 35.5. The van der Waals surface area contributed by atoms with Crippen molar-refractivity contribution in [1.29, 1.82) is 0 Å². The van der Waals surface area contributed by atoms with Gasteiger partial charge in [0.25, 0.3) is 5.91 Å². The monoisotopic (exact) mass is 570 g/mol. The van der Waals surface area contributed by atoms with Gasteiger partial charge in [-0.3, -0.25) is 9.69 Å². The maximum atomic E-state index is 13.6. The fraction of sp³-hybridized carbons (Fsp3) is 0.286. The van der Waals surface area contributed by atoms with Gasteiger partial charge in [0.2, 0.25) is 10.0 Å². The molecule has 200 valence electrons. The van der Waals surface area contributed by atoms with Crippen molar-refractivity contribution in [3.8, 4) is 0 Å². The minimum Gasteiger partial charge on any atom is -0.308 e. The van der Waals surface area contributed by atoms with Crippen LogP contribution in [0, 0.1) is 6.92 Å². The lowest BCUT2D eigenvalue weighted by molar-refractivity contribution is 0.0985. The first kappa shape index (κ1) is 28.2. The van der Waals surface area contributed by atoms with Gasteiger partial charge in [-0.1, -0.05) is 47.7 Å². The van der Waals surface area contributed by atoms with Crippen molar-refractivity contribution < 1.29 is 13.2 Å². The predicted molar refractivity (Wildman–Crippen MR) is 156 cm³/mol. The SMILES string of the molecule is Cc1cccc2sc(N(CCN(C)C)C(=O)c3ccc(S(=O)(=O)N4CCc5ccccc5C4)cc3)nc12.Cl. The van der Waals surface area contributed by atoms with Crippen LogP contribution in [-0.4, -0.2) is 62.2 Å². The number of benzene rings is 3. The second-order valence-electron chi connectivity index (χ2n) is 9.56. The van der Waals surface area contributed by atoms with Crippen LogP contribution in [0.4, 0.5) is 5.13 Å². The van der Waals surface area contributed by atoms with Crippen molar-refractivity contribution in [1.82, 2.24) is 14.2 Å². The quantitative estimate of drug-likeness (QED) is 0.313. The van der Waals surface area contributed by atoms with Crippen LogP contribution in [0.15, 0.2) is 71.6 Å². The highest BCUT2D eigenvalue weighted by molar-refractivity contribution is 7.89. The molecule has 5 rings (SSSR count). The number of amides is 1. The molecule has 1 aliphatic rings. The molecule has 2 heterocycles. The number of hydrogen-bond donors (Lipinski definition) is 0. The standard InChI is InChI=1S/C28H30N4O3S2.ClH/c1-20-7-6-10-25-26(20)29-28(36-25)32(18-17-30(2)3)27(33)22-11-13-24(14-12-22)37(34,35)31-16-15-21-8-4-5-9-23(21)19-31;/h4-14H,15-19H2,1-3H3;1H. The van der Waals surface area contributed by atoms with E-state index in [1.54, 1.807) is 17.0 Å². The van der Waals surface area contributed by atoms with Crippen molar-refractivity contribution >= 4 is 55.0 Å². The molecule has 0 saturated carbocycles. The lowest BCUT2D eigenvalue weighted by atomic mass is 10.0. The number of thiazole rings is 1. The van der Waals surface area contributed by atoms with Crippen LogP contribution in [0.1, 0.15) is 27.0 Å². The van der Waals surface area contributed by atoms with E-state index in [4.69, 9.17) is 4.98 Å². The summed E-state index contributed by atoms with van der Waals surface area (Å²) in [5, 5.41) is 0.639. The van der Waals surface area contributed by atoms with Crippen molar-refractivity contribution in [2.24, 2.45) is 0 Å². The Morgan fingerprint density at radius 1 is 0.974 bits per heavy atom. The van der Waals surface area contributed by atoms with Crippen LogP contribution >= 0.6 is 23.7 Å². The average Bonchev–Trinajstić information content (AvgIpc) is 3.33. The number of anilines is 1. The number of aryl methyl sites for hydroxylation is 1. The number of aromatic nitrogens is 1. The zero-order valence-electron chi connectivity index (χ0n) is 21.6. The van der Waals surface area contributed by atoms with E-state index in [1.165, 1.54) is 33.3 Å². The van der Waals surface area contributed by atoms with Gasteiger partial charge < -0.3 is 4.90 Å². The largest absolute Gasteiger partial charge is 0.308 e. The molecule has 0 atom stereocenters. The average molecular weight is 571 g/mol. The molecule has 0 spiro atoms. The summed E-state index contributed by atoms with van der Waals surface area (Å²) in [5.74, 6) is -0.200. The summed E-state index contributed by atoms with van der Waals surface area (Å²) >= 11 is 1.49. The van der Waals surface area contributed by atoms with Crippen LogP contribution in [0.2, 0.25) is 0 Å². The molecule has 4 aromatic rings. The van der Waals surface area contributed by atoms with E-state index in [2.05, 4.69) is 6.07 Å². The Labute approximate surface area is 234 Å². The predicted octanol–water partition coefficient (Wildman–Crippen LogP) is 4.98. The molecule has 0 radical (unpaired) electrons. The number of halogens is 1. The summed E-state index contributed by atoms with van der Waals surface area (Å²) in [6.07, 6.45) is 0.689. The van der Waals surface area contributed by atoms with Crippen LogP contribution in [0.3, 0.4) is 0 Å². The second-order valence-corrected chi connectivity index (χ2v) is 12.5. The van der Waals surface area contributed by atoms with E-state index < -0.39 is 10.0 Å². The summed E-state index contributed by atoms with van der Waals surface area (Å²) in [6, 6.07) is 20.2. The minimum atomic E-state index is -3.67. The molecule has 0 unspecified atom stereocenters. The first-order chi connectivity index (χ1) is 17.7. The molecule has 0 bridgehead atoms. The minimum absolute atomic E-state index is 0. The Bertz CT molecular complexity index is 1550. The molecule has 1 amide bonds. The number of likely N-dealkylation sites (N-methyl/N-ethyl adjacent to an activating group) is 1. The summed E-state index contributed by atoms with van der Waals surface area (Å²) in [4.78, 5) is 22.3. The van der Waals surface area contributed by atoms with E-state index in [1.807, 2.05) is 62.3 Å². The summed E-state index contributed by atoms with van der Waals surface area (Å²) in [6.45, 7) is 3.95. The van der Waals surface area contributed by atoms with Gasteiger partial charge in [0.15, 0.2) is 5.13 Å². The highest BCUT2D eigenvalue weighted by Gasteiger charge is 2.29. The molecule has 38 heavy (non-hydrogen) atoms. The van der Waals surface area contributed by atoms with Gasteiger partial charge in [0.1, 0.15) is 0 Å². The van der Waals surface area contributed by atoms with Gasteiger partial charge >= 0.3 is 0 Å². The maximum absolute atomic E-state index is 13.6. The van der Waals surface area contributed by atoms with E-state index >= 15 is 0 Å². The Hall–Kier alpha value is -2.82. The first-order valence-corrected chi connectivity index (χ1v) is 14.5. The van der Waals surface area contributed by atoms with Crippen molar-refractivity contribution in [2.75, 3.05) is 38.6 Å². The zero-order chi connectivity index (χ0) is 26.2. The van der Waals surface area contributed by atoms with E-state index in [-0.39, 0.29) is 23.2 Å². The van der Waals surface area contributed by atoms with Gasteiger partial charge in [0, 0.05) is 31.7 Å². The topological polar surface area (TPSA) is 73.8 Å². The number of rotatable bonds is 7. The smallest absolute Gasteiger partial charge is 0.260 e. The van der Waals surface area contributed by atoms with E-state index in [9.17, 15) is 13.2 Å². The zero-order valence-corrected chi connectivity index (χ0v) is 24.1. The van der Waals surface area contributed by atoms with Crippen molar-refractivity contribution in [3.63, 3.8) is 0 Å². The Kier molecular flexibility index (Phi) is 8.54. The maximum Gasteiger partial charge on any atom is 0.260 e. The van der Waals surface area contributed by atoms with Crippen LogP contribution in [0.25, 0.3) is 10.2 Å². The highest BCUT2D eigenvalue weighted by Crippen LogP contribution is 2.32. The van der Waals surface area contributed by atoms with Crippen LogP contribution in [0.5, 0.6) is 0 Å². The summed E-state index contributed by atoms with van der Waals surface area (Å²) in [5.41, 5.74) is 4.62. The molecular weight excluding hydrogens is 540 g/mol. The molecule has 0 aliphatic carbocycles. The molecular formula is C28H31ClN4O3S2. The number of carbonyl (C=O) groups excluding carboxylic acids is 1. The lowest BCUT2D eigenvalue weighted by Gasteiger charge is -2.28. The molecule has 7 nitrogen and oxygen atoms in total. The van der Waals surface area contributed by atoms with Gasteiger partial charge in [-0.05, 0) is 74.5 Å². The lowest BCUT2D eigenvalue weighted by Crippen LogP contribution is -2.37. The third-order valence-corrected chi connectivity index (χ3v) is 9.59. The van der Waals surface area contributed by atoms with Gasteiger partial charge in [-0.15, -0.1) is 12.4 Å². The van der Waals surface area contributed by atoms with Gasteiger partial charge in [-0.25, -0.2) is 13.4 Å². The Balaban J connectivity index is 0.00000336. The molecule has 0 saturated heterocycles. The molecule has 1 aromatic heterocycles. The molecule has 3 aromatic carbocycles. The number of fused-ring (bicyclic) bond motifs is 2. The number of sulfonamides is 1. The summed E-state index contributed by atoms with van der Waals surface area (Å²) in [7, 11) is 0.253. The number of hydrogen-bond acceptors (Lipinski definition) is 6. The Morgan fingerprint density at radius 3 is 2.37 bits per heavy atom. The number of carbonyl (C=O) groups is 1. The third kappa shape index (κ3) is 5.62. The fourth-order valence-corrected chi connectivity index (χ4v) is 7.01. The van der Waals surface area contributed by atoms with E-state index in [0.717, 1.165) is 21.3 Å². The molecule has 1 aliphatic heterocycles.